The minimum absolute atomic E-state index is 0.0437. The van der Waals surface area contributed by atoms with E-state index in [1.807, 2.05) is 0 Å². The Labute approximate surface area is 104 Å². The Morgan fingerprint density at radius 3 is 2.76 bits per heavy atom. The van der Waals surface area contributed by atoms with Gasteiger partial charge in [-0.15, -0.1) is 0 Å². The highest BCUT2D eigenvalue weighted by atomic mass is 16.5. The Kier molecular flexibility index (Phi) is 5.92. The number of methoxy groups -OCH3 is 1. The number of carbonyl (C=O) groups is 1. The second-order valence-corrected chi connectivity index (χ2v) is 4.93. The first kappa shape index (κ1) is 14.5. The highest BCUT2D eigenvalue weighted by molar-refractivity contribution is 5.73. The summed E-state index contributed by atoms with van der Waals surface area (Å²) in [6, 6.07) is 0.539. The maximum atomic E-state index is 11.7. The van der Waals surface area contributed by atoms with E-state index in [1.165, 1.54) is 20.0 Å². The molecule has 17 heavy (non-hydrogen) atoms. The van der Waals surface area contributed by atoms with Crippen molar-refractivity contribution in [3.63, 3.8) is 0 Å². The quantitative estimate of drug-likeness (QED) is 0.740. The maximum absolute atomic E-state index is 11.7. The first-order valence-corrected chi connectivity index (χ1v) is 6.71. The number of piperidine rings is 1. The number of nitrogens with two attached hydrogens (primary N) is 1. The number of hydrogen-bond acceptors (Lipinski definition) is 4. The van der Waals surface area contributed by atoms with E-state index >= 15 is 0 Å². The van der Waals surface area contributed by atoms with Crippen LogP contribution in [0.5, 0.6) is 0 Å². The second kappa shape index (κ2) is 6.97. The molecule has 4 heteroatoms. The van der Waals surface area contributed by atoms with Crippen LogP contribution in [-0.2, 0) is 9.53 Å². The molecule has 0 aromatic carbocycles. The zero-order valence-corrected chi connectivity index (χ0v) is 11.3. The van der Waals surface area contributed by atoms with Crippen LogP contribution in [-0.4, -0.2) is 43.2 Å². The van der Waals surface area contributed by atoms with E-state index in [2.05, 4.69) is 18.7 Å². The number of carbonyl (C=O) groups excluding carboxylic acids is 1. The van der Waals surface area contributed by atoms with Crippen molar-refractivity contribution in [1.29, 1.82) is 0 Å². The molecule has 0 aromatic rings. The second-order valence-electron chi connectivity index (χ2n) is 4.93. The molecule has 1 rings (SSSR count). The van der Waals surface area contributed by atoms with Gasteiger partial charge in [-0.3, -0.25) is 9.69 Å². The monoisotopic (exact) mass is 242 g/mol. The lowest BCUT2D eigenvalue weighted by Gasteiger charge is -2.39. The summed E-state index contributed by atoms with van der Waals surface area (Å²) in [5.41, 5.74) is 6.01. The van der Waals surface area contributed by atoms with Crippen LogP contribution in [0.4, 0.5) is 0 Å². The molecule has 0 amide bonds. The van der Waals surface area contributed by atoms with Crippen LogP contribution in [0, 0.1) is 5.92 Å². The standard InChI is InChI=1S/C13H26N2O2/c1-4-6-10(5-2)15-8-7-12(14)11(9-15)13(16)17-3/h10-12H,4-9,14H2,1-3H3/t10?,11-,12-/m1/s1. The maximum Gasteiger partial charge on any atom is 0.311 e. The van der Waals surface area contributed by atoms with Crippen molar-refractivity contribution < 1.29 is 9.53 Å². The van der Waals surface area contributed by atoms with Crippen molar-refractivity contribution in [2.45, 2.75) is 51.6 Å². The van der Waals surface area contributed by atoms with Gasteiger partial charge < -0.3 is 10.5 Å². The summed E-state index contributed by atoms with van der Waals surface area (Å²) in [7, 11) is 1.44. The van der Waals surface area contributed by atoms with Gasteiger partial charge in [0, 0.05) is 18.6 Å². The number of nitrogens with zero attached hydrogens (tertiary/aromatic N) is 1. The molecular formula is C13H26N2O2. The Bertz CT molecular complexity index is 246. The van der Waals surface area contributed by atoms with Crippen LogP contribution < -0.4 is 5.73 Å². The molecule has 0 aromatic heterocycles. The van der Waals surface area contributed by atoms with E-state index in [0.717, 1.165) is 25.9 Å². The van der Waals surface area contributed by atoms with Crippen molar-refractivity contribution in [2.24, 2.45) is 11.7 Å². The van der Waals surface area contributed by atoms with Gasteiger partial charge in [0.25, 0.3) is 0 Å². The first-order chi connectivity index (χ1) is 8.13. The van der Waals surface area contributed by atoms with E-state index in [1.54, 1.807) is 0 Å². The smallest absolute Gasteiger partial charge is 0.311 e. The third kappa shape index (κ3) is 3.68. The molecule has 1 aliphatic heterocycles. The topological polar surface area (TPSA) is 55.6 Å². The van der Waals surface area contributed by atoms with Gasteiger partial charge in [-0.25, -0.2) is 0 Å². The molecule has 1 saturated heterocycles. The van der Waals surface area contributed by atoms with Crippen LogP contribution in [0.1, 0.15) is 39.5 Å². The van der Waals surface area contributed by atoms with Gasteiger partial charge in [0.2, 0.25) is 0 Å². The minimum atomic E-state index is -0.159. The lowest BCUT2D eigenvalue weighted by molar-refractivity contribution is -0.148. The van der Waals surface area contributed by atoms with Gasteiger partial charge >= 0.3 is 5.97 Å². The number of likely N-dealkylation sites (tertiary alicyclic amines) is 1. The number of esters is 1. The van der Waals surface area contributed by atoms with Gasteiger partial charge in [-0.2, -0.15) is 0 Å². The third-order valence-corrected chi connectivity index (χ3v) is 3.81. The van der Waals surface area contributed by atoms with Crippen molar-refractivity contribution in [3.05, 3.63) is 0 Å². The molecular weight excluding hydrogens is 216 g/mol. The largest absolute Gasteiger partial charge is 0.469 e. The molecule has 0 spiro atoms. The molecule has 100 valence electrons. The number of hydrogen-bond donors (Lipinski definition) is 1. The SMILES string of the molecule is CCCC(CC)N1CC[C@@H](N)[C@H](C(=O)OC)C1. The zero-order chi connectivity index (χ0) is 12.8. The fraction of sp³-hybridized carbons (Fsp3) is 0.923. The van der Waals surface area contributed by atoms with Gasteiger partial charge in [0.1, 0.15) is 0 Å². The van der Waals surface area contributed by atoms with Gasteiger partial charge in [-0.05, 0) is 25.8 Å². The summed E-state index contributed by atoms with van der Waals surface area (Å²) in [6.45, 7) is 6.18. The highest BCUT2D eigenvalue weighted by Crippen LogP contribution is 2.22. The van der Waals surface area contributed by atoms with E-state index in [0.29, 0.717) is 6.04 Å². The Morgan fingerprint density at radius 1 is 1.53 bits per heavy atom. The third-order valence-electron chi connectivity index (χ3n) is 3.81. The van der Waals surface area contributed by atoms with Crippen molar-refractivity contribution in [1.82, 2.24) is 4.90 Å². The van der Waals surface area contributed by atoms with Crippen LogP contribution in [0.15, 0.2) is 0 Å². The Morgan fingerprint density at radius 2 is 2.24 bits per heavy atom. The normalized spacial score (nSPS) is 27.8. The summed E-state index contributed by atoms with van der Waals surface area (Å²) < 4.78 is 4.84. The van der Waals surface area contributed by atoms with E-state index in [9.17, 15) is 4.79 Å². The predicted molar refractivity (Wildman–Crippen MR) is 68.7 cm³/mol. The van der Waals surface area contributed by atoms with Crippen LogP contribution >= 0.6 is 0 Å². The van der Waals surface area contributed by atoms with Crippen molar-refractivity contribution in [3.8, 4) is 0 Å². The Balaban J connectivity index is 2.62. The summed E-state index contributed by atoms with van der Waals surface area (Å²) in [5.74, 6) is -0.312. The van der Waals surface area contributed by atoms with Gasteiger partial charge in [0.05, 0.1) is 13.0 Å². The lowest BCUT2D eigenvalue weighted by atomic mass is 9.91. The molecule has 1 aliphatic rings. The van der Waals surface area contributed by atoms with E-state index in [4.69, 9.17) is 10.5 Å². The minimum Gasteiger partial charge on any atom is -0.469 e. The number of rotatable bonds is 5. The molecule has 0 aliphatic carbocycles. The van der Waals surface area contributed by atoms with Gasteiger partial charge in [0.15, 0.2) is 0 Å². The summed E-state index contributed by atoms with van der Waals surface area (Å²) in [5, 5.41) is 0. The molecule has 2 N–H and O–H groups in total. The molecule has 0 radical (unpaired) electrons. The fourth-order valence-corrected chi connectivity index (χ4v) is 2.71. The predicted octanol–water partition coefficient (Wildman–Crippen LogP) is 1.39. The molecule has 3 atom stereocenters. The van der Waals surface area contributed by atoms with Crippen molar-refractivity contribution in [2.75, 3.05) is 20.2 Å². The molecule has 0 bridgehead atoms. The van der Waals surface area contributed by atoms with Crippen LogP contribution in [0.2, 0.25) is 0 Å². The van der Waals surface area contributed by atoms with E-state index < -0.39 is 0 Å². The molecule has 1 unspecified atom stereocenters. The summed E-state index contributed by atoms with van der Waals surface area (Å²) in [4.78, 5) is 14.1. The zero-order valence-electron chi connectivity index (χ0n) is 11.3. The average molecular weight is 242 g/mol. The lowest BCUT2D eigenvalue weighted by Crippen LogP contribution is -2.53. The fourth-order valence-electron chi connectivity index (χ4n) is 2.71. The number of ether oxygens (including phenoxy) is 1. The van der Waals surface area contributed by atoms with Crippen LogP contribution in [0.3, 0.4) is 0 Å². The van der Waals surface area contributed by atoms with Crippen molar-refractivity contribution >= 4 is 5.97 Å². The molecule has 0 saturated carbocycles. The average Bonchev–Trinajstić information content (AvgIpc) is 2.36. The first-order valence-electron chi connectivity index (χ1n) is 6.71. The van der Waals surface area contributed by atoms with Crippen LogP contribution in [0.25, 0.3) is 0 Å². The molecule has 1 heterocycles. The van der Waals surface area contributed by atoms with Gasteiger partial charge in [-0.1, -0.05) is 20.3 Å². The Hall–Kier alpha value is -0.610. The van der Waals surface area contributed by atoms with E-state index in [-0.39, 0.29) is 17.9 Å². The summed E-state index contributed by atoms with van der Waals surface area (Å²) >= 11 is 0. The molecule has 4 nitrogen and oxygen atoms in total. The highest BCUT2D eigenvalue weighted by Gasteiger charge is 2.34. The molecule has 1 fully saturated rings. The summed E-state index contributed by atoms with van der Waals surface area (Å²) in [6.07, 6.45) is 4.40.